The first-order valence-electron chi connectivity index (χ1n) is 4.15. The summed E-state index contributed by atoms with van der Waals surface area (Å²) < 4.78 is 0.271. The van der Waals surface area contributed by atoms with Gasteiger partial charge in [0.1, 0.15) is 0 Å². The molecule has 2 aromatic heterocycles. The molecule has 0 spiro atoms. The van der Waals surface area contributed by atoms with Crippen LogP contribution >= 0.6 is 12.2 Å². The van der Waals surface area contributed by atoms with Crippen LogP contribution < -0.4 is 0 Å². The zero-order valence-electron chi connectivity index (χ0n) is 7.52. The van der Waals surface area contributed by atoms with Crippen LogP contribution in [0.15, 0.2) is 24.4 Å². The highest BCUT2D eigenvalue weighted by atomic mass is 32.1. The summed E-state index contributed by atoms with van der Waals surface area (Å²) in [5.41, 5.74) is 0.967. The smallest absolute Gasteiger partial charge is 0.354 e. The monoisotopic (exact) mass is 221 g/mol. The number of pyridine rings is 1. The minimum absolute atomic E-state index is 0.0266. The molecule has 0 atom stereocenters. The van der Waals surface area contributed by atoms with Gasteiger partial charge in [-0.2, -0.15) is 0 Å². The van der Waals surface area contributed by atoms with Gasteiger partial charge < -0.3 is 15.1 Å². The number of nitrogens with zero attached hydrogens (tertiary/aromatic N) is 1. The van der Waals surface area contributed by atoms with E-state index < -0.39 is 5.97 Å². The highest BCUT2D eigenvalue weighted by molar-refractivity contribution is 7.71. The molecule has 2 rings (SSSR count). The van der Waals surface area contributed by atoms with Crippen LogP contribution in [0, 0.1) is 4.77 Å². The molecular weight excluding hydrogens is 214 g/mol. The Bertz CT molecular complexity index is 544. The molecule has 0 aromatic carbocycles. The van der Waals surface area contributed by atoms with Crippen molar-refractivity contribution < 1.29 is 9.90 Å². The van der Waals surface area contributed by atoms with Crippen LogP contribution in [-0.2, 0) is 0 Å². The van der Waals surface area contributed by atoms with E-state index in [0.29, 0.717) is 11.4 Å². The van der Waals surface area contributed by atoms with E-state index in [1.807, 2.05) is 0 Å². The lowest BCUT2D eigenvalue weighted by Gasteiger charge is -1.97. The molecule has 0 radical (unpaired) electrons. The lowest BCUT2D eigenvalue weighted by molar-refractivity contribution is 0.0692. The van der Waals surface area contributed by atoms with Crippen molar-refractivity contribution in [3.8, 4) is 11.4 Å². The molecule has 5 nitrogen and oxygen atoms in total. The Kier molecular flexibility index (Phi) is 2.34. The maximum Gasteiger partial charge on any atom is 0.354 e. The molecule has 76 valence electrons. The molecule has 0 unspecified atom stereocenters. The van der Waals surface area contributed by atoms with Crippen LogP contribution in [-0.4, -0.2) is 26.0 Å². The molecule has 0 amide bonds. The van der Waals surface area contributed by atoms with E-state index in [1.165, 1.54) is 0 Å². The van der Waals surface area contributed by atoms with Gasteiger partial charge in [0, 0.05) is 6.20 Å². The van der Waals surface area contributed by atoms with Gasteiger partial charge in [-0.05, 0) is 24.4 Å². The van der Waals surface area contributed by atoms with Crippen molar-refractivity contribution in [3.05, 3.63) is 34.9 Å². The Labute approximate surface area is 89.8 Å². The number of carboxylic acid groups (broad SMARTS) is 1. The van der Waals surface area contributed by atoms with Gasteiger partial charge in [-0.3, -0.25) is 4.98 Å². The fraction of sp³-hybridized carbons (Fsp3) is 0. The van der Waals surface area contributed by atoms with E-state index in [9.17, 15) is 4.79 Å². The third-order valence-corrected chi connectivity index (χ3v) is 2.07. The molecule has 0 bridgehead atoms. The Morgan fingerprint density at radius 1 is 1.40 bits per heavy atom. The van der Waals surface area contributed by atoms with Crippen LogP contribution in [0.2, 0.25) is 0 Å². The maximum absolute atomic E-state index is 10.9. The Balaban J connectivity index is 2.63. The van der Waals surface area contributed by atoms with Crippen LogP contribution in [0.3, 0.4) is 0 Å². The number of aromatic nitrogens is 3. The first-order valence-corrected chi connectivity index (χ1v) is 4.56. The summed E-state index contributed by atoms with van der Waals surface area (Å²) in [6.45, 7) is 0. The molecule has 2 aromatic rings. The minimum Gasteiger partial charge on any atom is -0.477 e. The summed E-state index contributed by atoms with van der Waals surface area (Å²) in [6, 6.07) is 5.24. The second-order valence-electron chi connectivity index (χ2n) is 2.85. The second kappa shape index (κ2) is 3.66. The average Bonchev–Trinajstić information content (AvgIpc) is 2.62. The first kappa shape index (κ1) is 9.60. The van der Waals surface area contributed by atoms with Crippen molar-refractivity contribution >= 4 is 18.2 Å². The van der Waals surface area contributed by atoms with Crippen LogP contribution in [0.25, 0.3) is 11.4 Å². The van der Waals surface area contributed by atoms with E-state index in [4.69, 9.17) is 17.3 Å². The third-order valence-electron chi connectivity index (χ3n) is 1.86. The summed E-state index contributed by atoms with van der Waals surface area (Å²) in [5.74, 6) is -1.07. The number of aromatic amines is 2. The van der Waals surface area contributed by atoms with Gasteiger partial charge in [-0.1, -0.05) is 6.07 Å². The zero-order valence-corrected chi connectivity index (χ0v) is 8.34. The van der Waals surface area contributed by atoms with Crippen molar-refractivity contribution in [2.24, 2.45) is 0 Å². The molecule has 6 heteroatoms. The number of carboxylic acids is 1. The van der Waals surface area contributed by atoms with Gasteiger partial charge in [-0.15, -0.1) is 0 Å². The van der Waals surface area contributed by atoms with Crippen molar-refractivity contribution in [1.29, 1.82) is 0 Å². The van der Waals surface area contributed by atoms with Crippen molar-refractivity contribution in [2.45, 2.75) is 0 Å². The summed E-state index contributed by atoms with van der Waals surface area (Å²) in [5, 5.41) is 8.91. The van der Waals surface area contributed by atoms with E-state index in [2.05, 4.69) is 15.0 Å². The fourth-order valence-electron chi connectivity index (χ4n) is 1.25. The Hall–Kier alpha value is -1.95. The number of carbonyl (C=O) groups is 1. The highest BCUT2D eigenvalue weighted by Crippen LogP contribution is 2.17. The van der Waals surface area contributed by atoms with E-state index >= 15 is 0 Å². The predicted molar refractivity (Wildman–Crippen MR) is 56.2 cm³/mol. The number of rotatable bonds is 2. The topological polar surface area (TPSA) is 81.8 Å². The molecule has 0 saturated carbocycles. The van der Waals surface area contributed by atoms with Gasteiger partial charge in [-0.25, -0.2) is 4.79 Å². The van der Waals surface area contributed by atoms with Gasteiger partial charge in [0.05, 0.1) is 11.4 Å². The number of imidazole rings is 1. The van der Waals surface area contributed by atoms with E-state index in [-0.39, 0.29) is 10.5 Å². The van der Waals surface area contributed by atoms with Crippen LogP contribution in [0.5, 0.6) is 0 Å². The maximum atomic E-state index is 10.9. The van der Waals surface area contributed by atoms with E-state index in [0.717, 1.165) is 0 Å². The Morgan fingerprint density at radius 3 is 2.80 bits per heavy atom. The number of hydrogen-bond donors (Lipinski definition) is 3. The average molecular weight is 221 g/mol. The Morgan fingerprint density at radius 2 is 2.20 bits per heavy atom. The summed E-state index contributed by atoms with van der Waals surface area (Å²) in [6.07, 6.45) is 1.59. The van der Waals surface area contributed by atoms with Gasteiger partial charge in [0.15, 0.2) is 10.5 Å². The van der Waals surface area contributed by atoms with Crippen LogP contribution in [0.4, 0.5) is 0 Å². The number of aromatic carboxylic acids is 1. The molecule has 0 aliphatic heterocycles. The normalized spacial score (nSPS) is 10.1. The van der Waals surface area contributed by atoms with Gasteiger partial charge in [0.2, 0.25) is 0 Å². The lowest BCUT2D eigenvalue weighted by Crippen LogP contribution is -1.99. The quantitative estimate of drug-likeness (QED) is 0.676. The summed E-state index contributed by atoms with van der Waals surface area (Å²) >= 11 is 4.84. The van der Waals surface area contributed by atoms with Crippen molar-refractivity contribution in [2.75, 3.05) is 0 Å². The van der Waals surface area contributed by atoms with Crippen molar-refractivity contribution in [1.82, 2.24) is 15.0 Å². The molecule has 0 aliphatic rings. The highest BCUT2D eigenvalue weighted by Gasteiger charge is 2.14. The molecule has 15 heavy (non-hydrogen) atoms. The van der Waals surface area contributed by atoms with Crippen molar-refractivity contribution in [3.63, 3.8) is 0 Å². The molecule has 2 heterocycles. The fourth-order valence-corrected chi connectivity index (χ4v) is 1.45. The van der Waals surface area contributed by atoms with Crippen LogP contribution in [0.1, 0.15) is 10.5 Å². The van der Waals surface area contributed by atoms with E-state index in [1.54, 1.807) is 24.4 Å². The molecular formula is C9H7N3O2S. The minimum atomic E-state index is -1.07. The van der Waals surface area contributed by atoms with Gasteiger partial charge >= 0.3 is 5.97 Å². The zero-order chi connectivity index (χ0) is 10.8. The molecule has 0 aliphatic carbocycles. The van der Waals surface area contributed by atoms with Gasteiger partial charge in [0.25, 0.3) is 0 Å². The summed E-state index contributed by atoms with van der Waals surface area (Å²) in [4.78, 5) is 20.2. The summed E-state index contributed by atoms with van der Waals surface area (Å²) in [7, 11) is 0. The molecule has 0 saturated heterocycles. The second-order valence-corrected chi connectivity index (χ2v) is 3.26. The molecule has 0 fully saturated rings. The third kappa shape index (κ3) is 1.79. The largest absolute Gasteiger partial charge is 0.477 e. The molecule has 3 N–H and O–H groups in total. The number of H-pyrrole nitrogens is 2. The number of nitrogens with one attached hydrogen (secondary N) is 2. The lowest BCUT2D eigenvalue weighted by atomic mass is 10.2. The predicted octanol–water partition coefficient (Wildman–Crippen LogP) is 1.83. The SMILES string of the molecule is O=C(O)c1[nH]c(=S)[nH]c1-c1ccccn1. The number of hydrogen-bond acceptors (Lipinski definition) is 3. The standard InChI is InChI=1S/C9H7N3O2S/c13-8(14)7-6(11-9(15)12-7)5-3-1-2-4-10-5/h1-4H,(H,13,14)(H2,11,12,15). The first-order chi connectivity index (χ1) is 7.18.